The van der Waals surface area contributed by atoms with Gasteiger partial charge in [-0.15, -0.1) is 0 Å². The molecule has 1 heterocycles. The molecule has 0 radical (unpaired) electrons. The topological polar surface area (TPSA) is 32.7 Å². The van der Waals surface area contributed by atoms with Crippen LogP contribution >= 0.6 is 11.6 Å². The van der Waals surface area contributed by atoms with Crippen LogP contribution in [0.1, 0.15) is 12.5 Å². The highest BCUT2D eigenvalue weighted by molar-refractivity contribution is 6.47. The molecule has 1 aromatic carbocycles. The summed E-state index contributed by atoms with van der Waals surface area (Å²) in [6, 6.07) is 9.28. The Kier molecular flexibility index (Phi) is 2.27. The summed E-state index contributed by atoms with van der Waals surface area (Å²) in [4.78, 5) is 10.8. The van der Waals surface area contributed by atoms with Gasteiger partial charge in [-0.2, -0.15) is 5.10 Å². The first kappa shape index (κ1) is 10.2. The molecular formula is C11H11ClN2O. The third-order valence-electron chi connectivity index (χ3n) is 2.56. The Bertz CT molecular complexity index is 429. The van der Waals surface area contributed by atoms with Crippen molar-refractivity contribution in [2.24, 2.45) is 5.10 Å². The lowest BCUT2D eigenvalue weighted by Gasteiger charge is -2.20. The van der Waals surface area contributed by atoms with Gasteiger partial charge in [-0.25, -0.2) is 5.01 Å². The maximum Gasteiger partial charge on any atom is 0.274 e. The second-order valence-corrected chi connectivity index (χ2v) is 4.11. The molecule has 3 nitrogen and oxygen atoms in total. The maximum atomic E-state index is 11.9. The smallest absolute Gasteiger partial charge is 0.270 e. The van der Waals surface area contributed by atoms with Crippen molar-refractivity contribution in [3.05, 3.63) is 35.9 Å². The third kappa shape index (κ3) is 1.35. The average molecular weight is 223 g/mol. The number of nitrogens with zero attached hydrogens (tertiary/aromatic N) is 2. The van der Waals surface area contributed by atoms with Gasteiger partial charge in [-0.1, -0.05) is 41.9 Å². The molecule has 0 N–H and O–H groups in total. The number of likely N-dealkylation sites (N-methyl/N-ethyl adjacent to an activating group) is 1. The molecular weight excluding hydrogens is 212 g/mol. The van der Waals surface area contributed by atoms with E-state index in [-0.39, 0.29) is 5.91 Å². The van der Waals surface area contributed by atoms with Gasteiger partial charge >= 0.3 is 0 Å². The molecule has 1 amide bonds. The summed E-state index contributed by atoms with van der Waals surface area (Å²) in [7, 11) is 1.61. The molecule has 4 heteroatoms. The van der Waals surface area contributed by atoms with Gasteiger partial charge in [0, 0.05) is 7.05 Å². The van der Waals surface area contributed by atoms with E-state index < -0.39 is 4.87 Å². The van der Waals surface area contributed by atoms with Crippen LogP contribution in [0.4, 0.5) is 0 Å². The van der Waals surface area contributed by atoms with Crippen LogP contribution in [-0.4, -0.2) is 23.7 Å². The van der Waals surface area contributed by atoms with Crippen molar-refractivity contribution in [2.45, 2.75) is 11.8 Å². The van der Waals surface area contributed by atoms with E-state index in [4.69, 9.17) is 11.6 Å². The number of hydrogen-bond acceptors (Lipinski definition) is 2. The van der Waals surface area contributed by atoms with Crippen LogP contribution in [0.2, 0.25) is 0 Å². The predicted octanol–water partition coefficient (Wildman–Crippen LogP) is 1.97. The lowest BCUT2D eigenvalue weighted by Crippen LogP contribution is -2.36. The lowest BCUT2D eigenvalue weighted by molar-refractivity contribution is -0.129. The summed E-state index contributed by atoms with van der Waals surface area (Å²) < 4.78 is 0. The molecule has 0 aromatic heterocycles. The van der Waals surface area contributed by atoms with E-state index in [0.717, 1.165) is 5.56 Å². The molecule has 0 bridgehead atoms. The molecule has 78 valence electrons. The first-order chi connectivity index (χ1) is 7.06. The number of amides is 1. The second kappa shape index (κ2) is 3.35. The van der Waals surface area contributed by atoms with Gasteiger partial charge in [-0.05, 0) is 12.5 Å². The molecule has 1 aliphatic rings. The quantitative estimate of drug-likeness (QED) is 0.669. The van der Waals surface area contributed by atoms with Crippen LogP contribution in [-0.2, 0) is 9.67 Å². The Labute approximate surface area is 93.3 Å². The number of halogens is 1. The molecule has 1 atom stereocenters. The fourth-order valence-corrected chi connectivity index (χ4v) is 2.00. The van der Waals surface area contributed by atoms with Crippen molar-refractivity contribution in [2.75, 3.05) is 7.05 Å². The zero-order chi connectivity index (χ0) is 11.1. The minimum Gasteiger partial charge on any atom is -0.270 e. The van der Waals surface area contributed by atoms with Crippen molar-refractivity contribution in [3.8, 4) is 0 Å². The Hall–Kier alpha value is -1.35. The fraction of sp³-hybridized carbons (Fsp3) is 0.273. The summed E-state index contributed by atoms with van der Waals surface area (Å²) in [5, 5.41) is 5.36. The van der Waals surface area contributed by atoms with Gasteiger partial charge in [0.1, 0.15) is 0 Å². The molecule has 0 saturated carbocycles. The van der Waals surface area contributed by atoms with Gasteiger partial charge in [-0.3, -0.25) is 4.79 Å². The molecule has 0 spiro atoms. The van der Waals surface area contributed by atoms with E-state index in [0.29, 0.717) is 5.71 Å². The number of benzene rings is 1. The summed E-state index contributed by atoms with van der Waals surface area (Å²) in [5.41, 5.74) is 1.38. The number of rotatable bonds is 1. The standard InChI is InChI=1S/C11H11ClN2O/c1-8-11(12,10(15)14(2)13-8)9-6-4-3-5-7-9/h3-7H,1-2H3. The number of carbonyl (C=O) groups excluding carboxylic acids is 1. The minimum atomic E-state index is -1.12. The molecule has 0 fully saturated rings. The van der Waals surface area contributed by atoms with Gasteiger partial charge in [0.05, 0.1) is 5.71 Å². The van der Waals surface area contributed by atoms with Gasteiger partial charge in [0.15, 0.2) is 4.87 Å². The molecule has 0 aliphatic carbocycles. The van der Waals surface area contributed by atoms with Crippen LogP contribution in [0, 0.1) is 0 Å². The Morgan fingerprint density at radius 3 is 2.40 bits per heavy atom. The number of hydrogen-bond donors (Lipinski definition) is 0. The van der Waals surface area contributed by atoms with Crippen molar-refractivity contribution in [1.29, 1.82) is 0 Å². The van der Waals surface area contributed by atoms with E-state index in [9.17, 15) is 4.79 Å². The van der Waals surface area contributed by atoms with E-state index in [1.54, 1.807) is 14.0 Å². The summed E-state index contributed by atoms with van der Waals surface area (Å²) in [5.74, 6) is -0.201. The van der Waals surface area contributed by atoms with Crippen molar-refractivity contribution in [1.82, 2.24) is 5.01 Å². The second-order valence-electron chi connectivity index (χ2n) is 3.54. The first-order valence-corrected chi connectivity index (χ1v) is 5.03. The normalized spacial score (nSPS) is 25.7. The van der Waals surface area contributed by atoms with Crippen LogP contribution in [0.5, 0.6) is 0 Å². The van der Waals surface area contributed by atoms with Crippen LogP contribution in [0.15, 0.2) is 35.4 Å². The molecule has 1 unspecified atom stereocenters. The fourth-order valence-electron chi connectivity index (χ4n) is 1.72. The van der Waals surface area contributed by atoms with Crippen molar-refractivity contribution < 1.29 is 4.79 Å². The SMILES string of the molecule is CC1=NN(C)C(=O)C1(Cl)c1ccccc1. The molecule has 0 saturated heterocycles. The van der Waals surface area contributed by atoms with Crippen molar-refractivity contribution >= 4 is 23.2 Å². The molecule has 1 aromatic rings. The highest BCUT2D eigenvalue weighted by Crippen LogP contribution is 2.36. The van der Waals surface area contributed by atoms with Crippen LogP contribution in [0.3, 0.4) is 0 Å². The number of hydrazone groups is 1. The van der Waals surface area contributed by atoms with Gasteiger partial charge in [0.2, 0.25) is 0 Å². The van der Waals surface area contributed by atoms with Crippen molar-refractivity contribution in [3.63, 3.8) is 0 Å². The van der Waals surface area contributed by atoms with Crippen LogP contribution < -0.4 is 0 Å². The Morgan fingerprint density at radius 1 is 1.33 bits per heavy atom. The Morgan fingerprint density at radius 2 is 1.93 bits per heavy atom. The minimum absolute atomic E-state index is 0.201. The van der Waals surface area contributed by atoms with Gasteiger partial charge < -0.3 is 0 Å². The largest absolute Gasteiger partial charge is 0.274 e. The summed E-state index contributed by atoms with van der Waals surface area (Å²) in [6.45, 7) is 1.77. The molecule has 2 rings (SSSR count). The van der Waals surface area contributed by atoms with Crippen LogP contribution in [0.25, 0.3) is 0 Å². The lowest BCUT2D eigenvalue weighted by atomic mass is 9.94. The maximum absolute atomic E-state index is 11.9. The number of carbonyl (C=O) groups is 1. The molecule has 15 heavy (non-hydrogen) atoms. The third-order valence-corrected chi connectivity index (χ3v) is 3.21. The van der Waals surface area contributed by atoms with E-state index >= 15 is 0 Å². The van der Waals surface area contributed by atoms with E-state index in [2.05, 4.69) is 5.10 Å². The van der Waals surface area contributed by atoms with Gasteiger partial charge in [0.25, 0.3) is 5.91 Å². The van der Waals surface area contributed by atoms with E-state index in [1.807, 2.05) is 30.3 Å². The first-order valence-electron chi connectivity index (χ1n) is 4.65. The summed E-state index contributed by atoms with van der Waals surface area (Å²) >= 11 is 6.37. The molecule has 1 aliphatic heterocycles. The highest BCUT2D eigenvalue weighted by Gasteiger charge is 2.47. The Balaban J connectivity index is 2.53. The highest BCUT2D eigenvalue weighted by atomic mass is 35.5. The number of alkyl halides is 1. The average Bonchev–Trinajstić information content (AvgIpc) is 2.45. The monoisotopic (exact) mass is 222 g/mol. The predicted molar refractivity (Wildman–Crippen MR) is 59.9 cm³/mol. The van der Waals surface area contributed by atoms with E-state index in [1.165, 1.54) is 5.01 Å². The zero-order valence-corrected chi connectivity index (χ0v) is 9.32. The zero-order valence-electron chi connectivity index (χ0n) is 8.57. The summed E-state index contributed by atoms with van der Waals surface area (Å²) in [6.07, 6.45) is 0.